The first-order valence-corrected chi connectivity index (χ1v) is 7.63. The molecule has 4 nitrogen and oxygen atoms in total. The summed E-state index contributed by atoms with van der Waals surface area (Å²) in [5, 5.41) is 0.979. The standard InChI is InChI=1S/C17H22N2O2.ClH/c1-11-6-7-15-13(9-11)10-16(21-15)17(20)19-8-4-3-5-14(19)12(2)18;/h6-7,9-10,12,14H,3-5,8,18H2,1-2H3;1H. The molecule has 2 atom stereocenters. The molecule has 2 N–H and O–H groups in total. The Bertz CT molecular complexity index is 666. The van der Waals surface area contributed by atoms with Gasteiger partial charge in [0.15, 0.2) is 5.76 Å². The molecule has 22 heavy (non-hydrogen) atoms. The third-order valence-corrected chi connectivity index (χ3v) is 4.30. The number of nitrogens with two attached hydrogens (primary N) is 1. The largest absolute Gasteiger partial charge is 0.451 e. The lowest BCUT2D eigenvalue weighted by Crippen LogP contribution is -2.51. The van der Waals surface area contributed by atoms with Crippen LogP contribution < -0.4 is 5.73 Å². The molecule has 1 saturated heterocycles. The summed E-state index contributed by atoms with van der Waals surface area (Å²) in [6.07, 6.45) is 3.15. The predicted octanol–water partition coefficient (Wildman–Crippen LogP) is 3.50. The highest BCUT2D eigenvalue weighted by atomic mass is 35.5. The van der Waals surface area contributed by atoms with Gasteiger partial charge in [-0.25, -0.2) is 0 Å². The van der Waals surface area contributed by atoms with Crippen LogP contribution in [0.15, 0.2) is 28.7 Å². The minimum atomic E-state index is -0.0362. The quantitative estimate of drug-likeness (QED) is 0.920. The molecule has 1 amide bonds. The zero-order chi connectivity index (χ0) is 15.0. The highest BCUT2D eigenvalue weighted by Gasteiger charge is 2.31. The predicted molar refractivity (Wildman–Crippen MR) is 90.5 cm³/mol. The maximum absolute atomic E-state index is 12.7. The van der Waals surface area contributed by atoms with Crippen molar-refractivity contribution in [2.75, 3.05) is 6.54 Å². The van der Waals surface area contributed by atoms with Gasteiger partial charge in [-0.15, -0.1) is 12.4 Å². The van der Waals surface area contributed by atoms with Crippen molar-refractivity contribution in [2.45, 2.75) is 45.2 Å². The average Bonchev–Trinajstić information content (AvgIpc) is 2.89. The zero-order valence-electron chi connectivity index (χ0n) is 13.0. The molecule has 3 rings (SSSR count). The molecule has 2 unspecified atom stereocenters. The van der Waals surface area contributed by atoms with Gasteiger partial charge >= 0.3 is 0 Å². The normalized spacial score (nSPS) is 19.8. The summed E-state index contributed by atoms with van der Waals surface area (Å²) in [5.74, 6) is 0.383. The third kappa shape index (κ3) is 3.13. The summed E-state index contributed by atoms with van der Waals surface area (Å²) in [5.41, 5.74) is 7.97. The Morgan fingerprint density at radius 1 is 1.36 bits per heavy atom. The number of nitrogens with zero attached hydrogens (tertiary/aromatic N) is 1. The number of aryl methyl sites for hydroxylation is 1. The maximum Gasteiger partial charge on any atom is 0.289 e. The number of benzene rings is 1. The van der Waals surface area contributed by atoms with Gasteiger partial charge in [-0.3, -0.25) is 4.79 Å². The van der Waals surface area contributed by atoms with E-state index in [-0.39, 0.29) is 30.4 Å². The van der Waals surface area contributed by atoms with E-state index in [1.165, 1.54) is 0 Å². The van der Waals surface area contributed by atoms with E-state index in [0.29, 0.717) is 5.76 Å². The first kappa shape index (κ1) is 16.8. The Hall–Kier alpha value is -1.52. The molecule has 0 radical (unpaired) electrons. The van der Waals surface area contributed by atoms with E-state index in [1.54, 1.807) is 0 Å². The molecule has 2 aromatic rings. The molecule has 1 aliphatic rings. The molecule has 0 bridgehead atoms. The number of likely N-dealkylation sites (tertiary alicyclic amines) is 1. The van der Waals surface area contributed by atoms with E-state index in [9.17, 15) is 4.79 Å². The van der Waals surface area contributed by atoms with E-state index in [2.05, 4.69) is 0 Å². The first-order chi connectivity index (χ1) is 10.1. The molecular formula is C17H23ClN2O2. The molecule has 1 aromatic carbocycles. The summed E-state index contributed by atoms with van der Waals surface area (Å²) < 4.78 is 5.73. The lowest BCUT2D eigenvalue weighted by Gasteiger charge is -2.37. The number of piperidine rings is 1. The fourth-order valence-corrected chi connectivity index (χ4v) is 3.17. The minimum absolute atomic E-state index is 0. The van der Waals surface area contributed by atoms with Gasteiger partial charge in [0.25, 0.3) is 5.91 Å². The van der Waals surface area contributed by atoms with Crippen LogP contribution in [-0.2, 0) is 0 Å². The van der Waals surface area contributed by atoms with E-state index >= 15 is 0 Å². The fourth-order valence-electron chi connectivity index (χ4n) is 3.17. The second kappa shape index (κ2) is 6.71. The molecule has 0 saturated carbocycles. The Balaban J connectivity index is 0.00000176. The number of hydrogen-bond donors (Lipinski definition) is 1. The molecule has 1 fully saturated rings. The number of halogens is 1. The van der Waals surface area contributed by atoms with E-state index in [0.717, 1.165) is 42.3 Å². The molecular weight excluding hydrogens is 300 g/mol. The number of amides is 1. The summed E-state index contributed by atoms with van der Waals surface area (Å²) >= 11 is 0. The van der Waals surface area contributed by atoms with E-state index in [1.807, 2.05) is 43.0 Å². The monoisotopic (exact) mass is 322 g/mol. The van der Waals surface area contributed by atoms with Crippen molar-refractivity contribution in [3.8, 4) is 0 Å². The topological polar surface area (TPSA) is 59.5 Å². The lowest BCUT2D eigenvalue weighted by atomic mass is 9.96. The SMILES string of the molecule is Cc1ccc2oc(C(=O)N3CCCCC3C(C)N)cc2c1.Cl. The fraction of sp³-hybridized carbons (Fsp3) is 0.471. The molecule has 0 spiro atoms. The number of hydrogen-bond acceptors (Lipinski definition) is 3. The van der Waals surface area contributed by atoms with Gasteiger partial charge in [0, 0.05) is 24.0 Å². The van der Waals surface area contributed by atoms with Crippen LogP contribution in [-0.4, -0.2) is 29.4 Å². The molecule has 0 aliphatic carbocycles. The van der Waals surface area contributed by atoms with Gasteiger partial charge in [0.05, 0.1) is 0 Å². The van der Waals surface area contributed by atoms with Gasteiger partial charge in [0.1, 0.15) is 5.58 Å². The van der Waals surface area contributed by atoms with Crippen LogP contribution in [0.3, 0.4) is 0 Å². The Morgan fingerprint density at radius 3 is 2.86 bits per heavy atom. The van der Waals surface area contributed by atoms with Gasteiger partial charge < -0.3 is 15.1 Å². The third-order valence-electron chi connectivity index (χ3n) is 4.30. The average molecular weight is 323 g/mol. The number of carbonyl (C=O) groups is 1. The van der Waals surface area contributed by atoms with Crippen molar-refractivity contribution in [1.82, 2.24) is 4.90 Å². The molecule has 1 aliphatic heterocycles. The van der Waals surface area contributed by atoms with Crippen molar-refractivity contribution in [1.29, 1.82) is 0 Å². The lowest BCUT2D eigenvalue weighted by molar-refractivity contribution is 0.0554. The van der Waals surface area contributed by atoms with E-state index in [4.69, 9.17) is 10.2 Å². The van der Waals surface area contributed by atoms with Crippen LogP contribution in [0.2, 0.25) is 0 Å². The summed E-state index contributed by atoms with van der Waals surface area (Å²) in [6, 6.07) is 7.89. The minimum Gasteiger partial charge on any atom is -0.451 e. The van der Waals surface area contributed by atoms with Crippen LogP contribution in [0.25, 0.3) is 11.0 Å². The van der Waals surface area contributed by atoms with E-state index < -0.39 is 0 Å². The highest BCUT2D eigenvalue weighted by molar-refractivity contribution is 5.96. The number of furan rings is 1. The summed E-state index contributed by atoms with van der Waals surface area (Å²) in [7, 11) is 0. The Morgan fingerprint density at radius 2 is 2.14 bits per heavy atom. The van der Waals surface area contributed by atoms with Crippen molar-refractivity contribution in [2.24, 2.45) is 5.73 Å². The van der Waals surface area contributed by atoms with Gasteiger partial charge in [-0.2, -0.15) is 0 Å². The van der Waals surface area contributed by atoms with Crippen molar-refractivity contribution >= 4 is 29.3 Å². The zero-order valence-corrected chi connectivity index (χ0v) is 13.9. The molecule has 5 heteroatoms. The second-order valence-electron chi connectivity index (χ2n) is 6.07. The molecule has 1 aromatic heterocycles. The Labute approximate surface area is 137 Å². The van der Waals surface area contributed by atoms with Crippen LogP contribution >= 0.6 is 12.4 Å². The van der Waals surface area contributed by atoms with Crippen molar-refractivity contribution in [3.05, 3.63) is 35.6 Å². The first-order valence-electron chi connectivity index (χ1n) is 7.63. The highest BCUT2D eigenvalue weighted by Crippen LogP contribution is 2.25. The van der Waals surface area contributed by atoms with Gasteiger partial charge in [-0.1, -0.05) is 11.6 Å². The Kier molecular flexibility index (Phi) is 5.14. The smallest absolute Gasteiger partial charge is 0.289 e. The van der Waals surface area contributed by atoms with Crippen LogP contribution in [0.5, 0.6) is 0 Å². The second-order valence-corrected chi connectivity index (χ2v) is 6.07. The van der Waals surface area contributed by atoms with Gasteiger partial charge in [0.2, 0.25) is 0 Å². The summed E-state index contributed by atoms with van der Waals surface area (Å²) in [4.78, 5) is 14.6. The van der Waals surface area contributed by atoms with Crippen LogP contribution in [0.4, 0.5) is 0 Å². The summed E-state index contributed by atoms with van der Waals surface area (Å²) in [6.45, 7) is 4.77. The number of carbonyl (C=O) groups excluding carboxylic acids is 1. The van der Waals surface area contributed by atoms with Crippen molar-refractivity contribution < 1.29 is 9.21 Å². The van der Waals surface area contributed by atoms with Crippen molar-refractivity contribution in [3.63, 3.8) is 0 Å². The molecule has 2 heterocycles. The maximum atomic E-state index is 12.7. The number of rotatable bonds is 2. The number of fused-ring (bicyclic) bond motifs is 1. The van der Waals surface area contributed by atoms with Gasteiger partial charge in [-0.05, 0) is 51.3 Å². The van der Waals surface area contributed by atoms with Crippen LogP contribution in [0.1, 0.15) is 42.3 Å². The molecule has 120 valence electrons. The van der Waals surface area contributed by atoms with Crippen LogP contribution in [0, 0.1) is 6.92 Å².